The predicted molar refractivity (Wildman–Crippen MR) is 73.0 cm³/mol. The molecule has 2 unspecified atom stereocenters. The first-order chi connectivity index (χ1) is 8.58. The summed E-state index contributed by atoms with van der Waals surface area (Å²) in [6.07, 6.45) is 3.50. The largest absolute Gasteiger partial charge is 0.480 e. The number of hydrogen-bond acceptors (Lipinski definition) is 2. The first-order valence-electron chi connectivity index (χ1n) is 6.63. The third-order valence-electron chi connectivity index (χ3n) is 3.89. The average molecular weight is 247 g/mol. The smallest absolute Gasteiger partial charge is 0.323 e. The molecule has 1 aromatic carbocycles. The number of anilines is 1. The number of aryl methyl sites for hydroxylation is 1. The van der Waals surface area contributed by atoms with Gasteiger partial charge < -0.3 is 10.0 Å². The van der Waals surface area contributed by atoms with Crippen molar-refractivity contribution in [2.75, 3.05) is 11.4 Å². The van der Waals surface area contributed by atoms with Crippen molar-refractivity contribution in [1.82, 2.24) is 0 Å². The second-order valence-electron chi connectivity index (χ2n) is 5.33. The van der Waals surface area contributed by atoms with E-state index in [-0.39, 0.29) is 6.54 Å². The van der Waals surface area contributed by atoms with Crippen molar-refractivity contribution in [3.8, 4) is 0 Å². The Labute approximate surface area is 108 Å². The molecule has 3 nitrogen and oxygen atoms in total. The minimum absolute atomic E-state index is 0.0953. The number of benzene rings is 1. The number of aliphatic carboxylic acids is 1. The summed E-state index contributed by atoms with van der Waals surface area (Å²) in [5.41, 5.74) is 2.23. The van der Waals surface area contributed by atoms with Gasteiger partial charge in [0.05, 0.1) is 0 Å². The van der Waals surface area contributed by atoms with Crippen molar-refractivity contribution < 1.29 is 9.90 Å². The van der Waals surface area contributed by atoms with Crippen LogP contribution in [0.5, 0.6) is 0 Å². The molecule has 0 saturated heterocycles. The average Bonchev–Trinajstić information content (AvgIpc) is 2.73. The van der Waals surface area contributed by atoms with Gasteiger partial charge in [0.15, 0.2) is 0 Å². The van der Waals surface area contributed by atoms with Gasteiger partial charge in [-0.1, -0.05) is 31.0 Å². The van der Waals surface area contributed by atoms with E-state index in [9.17, 15) is 4.79 Å². The van der Waals surface area contributed by atoms with Gasteiger partial charge in [-0.25, -0.2) is 0 Å². The number of carboxylic acid groups (broad SMARTS) is 1. The van der Waals surface area contributed by atoms with Crippen molar-refractivity contribution >= 4 is 11.7 Å². The predicted octanol–water partition coefficient (Wildman–Crippen LogP) is 3.07. The Morgan fingerprint density at radius 3 is 2.50 bits per heavy atom. The van der Waals surface area contributed by atoms with Gasteiger partial charge in [0.1, 0.15) is 6.54 Å². The monoisotopic (exact) mass is 247 g/mol. The Bertz CT molecular complexity index is 413. The van der Waals surface area contributed by atoms with Crippen LogP contribution in [0.4, 0.5) is 5.69 Å². The second-order valence-corrected chi connectivity index (χ2v) is 5.33. The first-order valence-corrected chi connectivity index (χ1v) is 6.63. The summed E-state index contributed by atoms with van der Waals surface area (Å²) in [7, 11) is 0. The second kappa shape index (κ2) is 5.42. The Morgan fingerprint density at radius 1 is 1.33 bits per heavy atom. The number of hydrogen-bond donors (Lipinski definition) is 1. The molecule has 1 aliphatic carbocycles. The van der Waals surface area contributed by atoms with Gasteiger partial charge in [0.25, 0.3) is 0 Å². The lowest BCUT2D eigenvalue weighted by atomic mass is 10.0. The molecule has 0 aromatic heterocycles. The SMILES string of the molecule is Cc1ccc(N(CC(=O)O)C2CCCC2C)cc1. The van der Waals surface area contributed by atoms with Crippen LogP contribution in [0.1, 0.15) is 31.7 Å². The molecule has 1 fully saturated rings. The van der Waals surface area contributed by atoms with E-state index in [2.05, 4.69) is 11.8 Å². The third kappa shape index (κ3) is 2.84. The van der Waals surface area contributed by atoms with Crippen LogP contribution in [0.15, 0.2) is 24.3 Å². The lowest BCUT2D eigenvalue weighted by Gasteiger charge is -2.32. The molecule has 98 valence electrons. The molecule has 2 rings (SSSR count). The summed E-state index contributed by atoms with van der Waals surface area (Å²) in [5, 5.41) is 9.10. The van der Waals surface area contributed by atoms with Gasteiger partial charge in [-0.05, 0) is 37.8 Å². The molecule has 0 amide bonds. The third-order valence-corrected chi connectivity index (χ3v) is 3.89. The number of nitrogens with zero attached hydrogens (tertiary/aromatic N) is 1. The minimum atomic E-state index is -0.755. The van der Waals surface area contributed by atoms with E-state index in [1.165, 1.54) is 18.4 Å². The van der Waals surface area contributed by atoms with E-state index in [1.54, 1.807) is 0 Å². The molecule has 0 bridgehead atoms. The number of rotatable bonds is 4. The van der Waals surface area contributed by atoms with E-state index >= 15 is 0 Å². The molecular weight excluding hydrogens is 226 g/mol. The lowest BCUT2D eigenvalue weighted by molar-refractivity contribution is -0.135. The lowest BCUT2D eigenvalue weighted by Crippen LogP contribution is -2.40. The van der Waals surface area contributed by atoms with Gasteiger partial charge in [-0.15, -0.1) is 0 Å². The van der Waals surface area contributed by atoms with Gasteiger partial charge in [-0.3, -0.25) is 4.79 Å². The van der Waals surface area contributed by atoms with Crippen molar-refractivity contribution in [3.05, 3.63) is 29.8 Å². The Morgan fingerprint density at radius 2 is 2.00 bits per heavy atom. The summed E-state index contributed by atoms with van der Waals surface area (Å²) < 4.78 is 0. The van der Waals surface area contributed by atoms with Crippen LogP contribution in [0.3, 0.4) is 0 Å². The molecule has 1 aromatic rings. The van der Waals surface area contributed by atoms with Crippen LogP contribution >= 0.6 is 0 Å². The molecule has 0 radical (unpaired) electrons. The fraction of sp³-hybridized carbons (Fsp3) is 0.533. The molecule has 1 N–H and O–H groups in total. The van der Waals surface area contributed by atoms with Crippen molar-refractivity contribution in [1.29, 1.82) is 0 Å². The summed E-state index contributed by atoms with van der Waals surface area (Å²) in [4.78, 5) is 13.1. The molecule has 2 atom stereocenters. The zero-order valence-electron chi connectivity index (χ0n) is 11.1. The van der Waals surface area contributed by atoms with Crippen LogP contribution in [0.2, 0.25) is 0 Å². The summed E-state index contributed by atoms with van der Waals surface area (Å²) in [6.45, 7) is 4.36. The number of carbonyl (C=O) groups is 1. The molecule has 0 spiro atoms. The van der Waals surface area contributed by atoms with Crippen LogP contribution in [0.25, 0.3) is 0 Å². The zero-order chi connectivity index (χ0) is 13.1. The minimum Gasteiger partial charge on any atom is -0.480 e. The van der Waals surface area contributed by atoms with Gasteiger partial charge in [0, 0.05) is 11.7 Å². The van der Waals surface area contributed by atoms with Crippen molar-refractivity contribution in [3.63, 3.8) is 0 Å². The van der Waals surface area contributed by atoms with E-state index in [1.807, 2.05) is 31.2 Å². The molecule has 3 heteroatoms. The maximum Gasteiger partial charge on any atom is 0.323 e. The van der Waals surface area contributed by atoms with Crippen LogP contribution < -0.4 is 4.90 Å². The van der Waals surface area contributed by atoms with E-state index in [0.717, 1.165) is 12.1 Å². The Kier molecular flexibility index (Phi) is 3.90. The molecule has 1 aliphatic rings. The Balaban J connectivity index is 2.24. The first kappa shape index (κ1) is 12.9. The highest BCUT2D eigenvalue weighted by Gasteiger charge is 2.30. The summed E-state index contributed by atoms with van der Waals surface area (Å²) >= 11 is 0. The molecule has 18 heavy (non-hydrogen) atoms. The highest BCUT2D eigenvalue weighted by Crippen LogP contribution is 2.32. The zero-order valence-corrected chi connectivity index (χ0v) is 11.1. The summed E-state index contributed by atoms with van der Waals surface area (Å²) in [6, 6.07) is 8.52. The molecule has 1 saturated carbocycles. The Hall–Kier alpha value is -1.51. The fourth-order valence-electron chi connectivity index (χ4n) is 2.87. The highest BCUT2D eigenvalue weighted by molar-refractivity contribution is 5.74. The van der Waals surface area contributed by atoms with Crippen molar-refractivity contribution in [2.24, 2.45) is 5.92 Å². The van der Waals surface area contributed by atoms with E-state index < -0.39 is 5.97 Å². The number of carboxylic acids is 1. The van der Waals surface area contributed by atoms with Crippen LogP contribution in [0, 0.1) is 12.8 Å². The fourth-order valence-corrected chi connectivity index (χ4v) is 2.87. The van der Waals surface area contributed by atoms with Crippen LogP contribution in [-0.2, 0) is 4.79 Å². The van der Waals surface area contributed by atoms with Gasteiger partial charge in [0.2, 0.25) is 0 Å². The quantitative estimate of drug-likeness (QED) is 0.889. The van der Waals surface area contributed by atoms with E-state index in [4.69, 9.17) is 5.11 Å². The maximum atomic E-state index is 11.1. The topological polar surface area (TPSA) is 40.5 Å². The normalized spacial score (nSPS) is 23.0. The van der Waals surface area contributed by atoms with Crippen molar-refractivity contribution in [2.45, 2.75) is 39.2 Å². The standard InChI is InChI=1S/C15H21NO2/c1-11-6-8-13(9-7-11)16(10-15(17)18)14-5-3-4-12(14)2/h6-9,12,14H,3-5,10H2,1-2H3,(H,17,18). The molecule has 0 heterocycles. The summed E-state index contributed by atoms with van der Waals surface area (Å²) in [5.74, 6) is -0.180. The highest BCUT2D eigenvalue weighted by atomic mass is 16.4. The van der Waals surface area contributed by atoms with Gasteiger partial charge in [-0.2, -0.15) is 0 Å². The molecule has 0 aliphatic heterocycles. The molecular formula is C15H21NO2. The maximum absolute atomic E-state index is 11.1. The van der Waals surface area contributed by atoms with Crippen LogP contribution in [-0.4, -0.2) is 23.7 Å². The van der Waals surface area contributed by atoms with E-state index in [0.29, 0.717) is 12.0 Å². The van der Waals surface area contributed by atoms with Gasteiger partial charge >= 0.3 is 5.97 Å².